The molecule has 0 radical (unpaired) electrons. The van der Waals surface area contributed by atoms with Crippen molar-refractivity contribution in [2.45, 2.75) is 6.92 Å². The first-order valence-corrected chi connectivity index (χ1v) is 7.19. The lowest BCUT2D eigenvalue weighted by molar-refractivity contribution is 0.281. The summed E-state index contributed by atoms with van der Waals surface area (Å²) >= 11 is 0. The summed E-state index contributed by atoms with van der Waals surface area (Å²) in [5, 5.41) is 26.4. The van der Waals surface area contributed by atoms with Crippen LogP contribution in [-0.2, 0) is 0 Å². The Balaban J connectivity index is 2.83. The van der Waals surface area contributed by atoms with Crippen LogP contribution in [0, 0.1) is 0 Å². The van der Waals surface area contributed by atoms with E-state index in [0.717, 1.165) is 17.1 Å². The summed E-state index contributed by atoms with van der Waals surface area (Å²) in [4.78, 5) is 1.91. The molecule has 0 aliphatic heterocycles. The topological polar surface area (TPSA) is 68.4 Å². The van der Waals surface area contributed by atoms with E-state index in [2.05, 4.69) is 16.8 Å². The van der Waals surface area contributed by atoms with Gasteiger partial charge in [-0.15, -0.1) is 0 Å². The highest BCUT2D eigenvalue weighted by Gasteiger charge is 2.04. The van der Waals surface area contributed by atoms with Gasteiger partial charge in [-0.3, -0.25) is 0 Å². The van der Waals surface area contributed by atoms with Gasteiger partial charge < -0.3 is 15.1 Å². The molecule has 0 bridgehead atoms. The summed E-state index contributed by atoms with van der Waals surface area (Å²) in [5.74, 6) is 0. The minimum atomic E-state index is 0.0422. The van der Waals surface area contributed by atoms with Crippen LogP contribution in [0.25, 0.3) is 0 Å². The molecule has 0 unspecified atom stereocenters. The second-order valence-corrected chi connectivity index (χ2v) is 4.48. The molecule has 2 N–H and O–H groups in total. The van der Waals surface area contributed by atoms with Gasteiger partial charge in [0, 0.05) is 18.8 Å². The molecule has 1 aromatic rings. The molecule has 0 saturated heterocycles. The number of allylic oxidation sites excluding steroid dienone is 4. The fraction of sp³-hybridized carbons (Fsp3) is 0.294. The highest BCUT2D eigenvalue weighted by atomic mass is 16.3. The normalized spacial score (nSPS) is 12.2. The van der Waals surface area contributed by atoms with Crippen molar-refractivity contribution in [2.75, 3.05) is 31.2 Å². The molecular weight excluding hydrogens is 278 g/mol. The van der Waals surface area contributed by atoms with Crippen LogP contribution in [0.1, 0.15) is 6.92 Å². The van der Waals surface area contributed by atoms with Crippen molar-refractivity contribution < 1.29 is 10.2 Å². The molecule has 0 atom stereocenters. The van der Waals surface area contributed by atoms with Gasteiger partial charge in [-0.05, 0) is 43.3 Å². The Kier molecular flexibility index (Phi) is 8.49. The number of benzene rings is 1. The van der Waals surface area contributed by atoms with E-state index >= 15 is 0 Å². The van der Waals surface area contributed by atoms with Gasteiger partial charge >= 0.3 is 0 Å². The standard InChI is InChI=1S/C17H23N3O2/c1-3-5-15(6-4-2)18-19-16-7-9-17(10-8-16)20(11-13-21)12-14-22/h3-10,21-22H,1,11-14H2,2H3/b6-4-,15-5+,19-18+. The molecule has 5 nitrogen and oxygen atoms in total. The summed E-state index contributed by atoms with van der Waals surface area (Å²) in [7, 11) is 0. The molecule has 0 saturated carbocycles. The second kappa shape index (κ2) is 10.5. The third-order valence-electron chi connectivity index (χ3n) is 2.86. The largest absolute Gasteiger partial charge is 0.395 e. The quantitative estimate of drug-likeness (QED) is 0.543. The highest BCUT2D eigenvalue weighted by molar-refractivity contribution is 5.52. The van der Waals surface area contributed by atoms with E-state index in [9.17, 15) is 0 Å². The Labute approximate surface area is 131 Å². The SMILES string of the molecule is C=C/C=C(\C=C/C)/N=N/c1ccc(N(CCO)CCO)cc1. The summed E-state index contributed by atoms with van der Waals surface area (Å²) in [5.41, 5.74) is 2.39. The average Bonchev–Trinajstić information content (AvgIpc) is 2.53. The first-order valence-electron chi connectivity index (χ1n) is 7.19. The third kappa shape index (κ3) is 6.03. The van der Waals surface area contributed by atoms with Crippen molar-refractivity contribution in [3.05, 3.63) is 60.8 Å². The average molecular weight is 301 g/mol. The highest BCUT2D eigenvalue weighted by Crippen LogP contribution is 2.20. The molecule has 0 heterocycles. The molecule has 22 heavy (non-hydrogen) atoms. The van der Waals surface area contributed by atoms with Gasteiger partial charge in [0.05, 0.1) is 24.6 Å². The number of hydrogen-bond donors (Lipinski definition) is 2. The van der Waals surface area contributed by atoms with Gasteiger partial charge in [-0.25, -0.2) is 0 Å². The Bertz CT molecular complexity index is 527. The minimum absolute atomic E-state index is 0.0422. The zero-order valence-electron chi connectivity index (χ0n) is 12.9. The Morgan fingerprint density at radius 2 is 1.82 bits per heavy atom. The molecule has 1 aromatic carbocycles. The zero-order chi connectivity index (χ0) is 16.2. The molecular formula is C17H23N3O2. The van der Waals surface area contributed by atoms with Crippen LogP contribution in [0.4, 0.5) is 11.4 Å². The molecule has 0 spiro atoms. The summed E-state index contributed by atoms with van der Waals surface area (Å²) in [6, 6.07) is 7.49. The Hall–Kier alpha value is -2.24. The predicted octanol–water partition coefficient (Wildman–Crippen LogP) is 3.21. The van der Waals surface area contributed by atoms with E-state index < -0.39 is 0 Å². The van der Waals surface area contributed by atoms with Crippen molar-refractivity contribution in [2.24, 2.45) is 10.2 Å². The number of hydrogen-bond acceptors (Lipinski definition) is 5. The van der Waals surface area contributed by atoms with Crippen molar-refractivity contribution in [3.8, 4) is 0 Å². The molecule has 1 rings (SSSR count). The molecule has 0 aromatic heterocycles. The first-order chi connectivity index (χ1) is 10.7. The summed E-state index contributed by atoms with van der Waals surface area (Å²) < 4.78 is 0. The summed E-state index contributed by atoms with van der Waals surface area (Å²) in [6.07, 6.45) is 7.18. The number of azo groups is 1. The number of anilines is 1. The van der Waals surface area contributed by atoms with Crippen LogP contribution in [0.5, 0.6) is 0 Å². The van der Waals surface area contributed by atoms with Gasteiger partial charge in [-0.2, -0.15) is 10.2 Å². The van der Waals surface area contributed by atoms with E-state index in [1.165, 1.54) is 0 Å². The molecule has 0 aliphatic rings. The fourth-order valence-corrected chi connectivity index (χ4v) is 1.87. The summed E-state index contributed by atoms with van der Waals surface area (Å²) in [6.45, 7) is 6.61. The van der Waals surface area contributed by atoms with Gasteiger partial charge in [0.2, 0.25) is 0 Å². The van der Waals surface area contributed by atoms with E-state index in [1.807, 2.05) is 48.2 Å². The number of nitrogens with zero attached hydrogens (tertiary/aromatic N) is 3. The van der Waals surface area contributed by atoms with E-state index in [-0.39, 0.29) is 13.2 Å². The lowest BCUT2D eigenvalue weighted by atomic mass is 10.2. The fourth-order valence-electron chi connectivity index (χ4n) is 1.87. The van der Waals surface area contributed by atoms with Crippen molar-refractivity contribution >= 4 is 11.4 Å². The van der Waals surface area contributed by atoms with E-state index in [0.29, 0.717) is 13.1 Å². The van der Waals surface area contributed by atoms with E-state index in [4.69, 9.17) is 10.2 Å². The van der Waals surface area contributed by atoms with Crippen LogP contribution in [0.2, 0.25) is 0 Å². The lowest BCUT2D eigenvalue weighted by Gasteiger charge is -2.22. The van der Waals surface area contributed by atoms with Gasteiger partial charge in [0.15, 0.2) is 0 Å². The predicted molar refractivity (Wildman–Crippen MR) is 90.4 cm³/mol. The number of aliphatic hydroxyl groups excluding tert-OH is 2. The number of rotatable bonds is 9. The van der Waals surface area contributed by atoms with Crippen LogP contribution in [0.15, 0.2) is 71.1 Å². The Morgan fingerprint density at radius 3 is 2.32 bits per heavy atom. The van der Waals surface area contributed by atoms with Crippen LogP contribution in [-0.4, -0.2) is 36.5 Å². The lowest BCUT2D eigenvalue weighted by Crippen LogP contribution is -2.29. The van der Waals surface area contributed by atoms with Gasteiger partial charge in [-0.1, -0.05) is 18.7 Å². The van der Waals surface area contributed by atoms with Gasteiger partial charge in [0.1, 0.15) is 0 Å². The first kappa shape index (κ1) is 17.8. The molecule has 5 heteroatoms. The van der Waals surface area contributed by atoms with Crippen molar-refractivity contribution in [1.29, 1.82) is 0 Å². The Morgan fingerprint density at radius 1 is 1.18 bits per heavy atom. The maximum Gasteiger partial charge on any atom is 0.0858 e. The van der Waals surface area contributed by atoms with Crippen LogP contribution in [0.3, 0.4) is 0 Å². The van der Waals surface area contributed by atoms with Gasteiger partial charge in [0.25, 0.3) is 0 Å². The van der Waals surface area contributed by atoms with Crippen molar-refractivity contribution in [3.63, 3.8) is 0 Å². The smallest absolute Gasteiger partial charge is 0.0858 e. The third-order valence-corrected chi connectivity index (χ3v) is 2.86. The molecule has 0 amide bonds. The van der Waals surface area contributed by atoms with Crippen molar-refractivity contribution in [1.82, 2.24) is 0 Å². The van der Waals surface area contributed by atoms with Crippen LogP contribution < -0.4 is 4.90 Å². The monoisotopic (exact) mass is 301 g/mol. The maximum atomic E-state index is 9.05. The maximum absolute atomic E-state index is 9.05. The van der Waals surface area contributed by atoms with E-state index in [1.54, 1.807) is 12.2 Å². The second-order valence-electron chi connectivity index (χ2n) is 4.48. The zero-order valence-corrected chi connectivity index (χ0v) is 12.9. The minimum Gasteiger partial charge on any atom is -0.395 e. The molecule has 0 aliphatic carbocycles. The number of aliphatic hydroxyl groups is 2. The molecule has 118 valence electrons. The van der Waals surface area contributed by atoms with Crippen LogP contribution >= 0.6 is 0 Å². The molecule has 0 fully saturated rings.